The second-order valence-corrected chi connectivity index (χ2v) is 5.11. The number of rotatable bonds is 5. The van der Waals surface area contributed by atoms with E-state index in [2.05, 4.69) is 9.71 Å². The lowest BCUT2D eigenvalue weighted by Crippen LogP contribution is -2.36. The van der Waals surface area contributed by atoms with Crippen molar-refractivity contribution in [3.05, 3.63) is 24.0 Å². The van der Waals surface area contributed by atoms with Crippen molar-refractivity contribution in [2.75, 3.05) is 6.61 Å². The molecule has 0 amide bonds. The third kappa shape index (κ3) is 3.49. The standard InChI is InChI=1S/C10H13N3O3S/c1-2-8(7-14)13-17(15,16)10-4-3-9(5-11)12-6-10/h3-4,6,8,13-14H,2,7H2,1H3. The molecule has 1 aromatic rings. The lowest BCUT2D eigenvalue weighted by Gasteiger charge is -2.13. The van der Waals surface area contributed by atoms with Crippen molar-refractivity contribution in [1.29, 1.82) is 5.26 Å². The maximum atomic E-state index is 11.8. The van der Waals surface area contributed by atoms with Crippen LogP contribution in [0.25, 0.3) is 0 Å². The van der Waals surface area contributed by atoms with Crippen molar-refractivity contribution in [1.82, 2.24) is 9.71 Å². The van der Waals surface area contributed by atoms with E-state index in [0.717, 1.165) is 6.20 Å². The second kappa shape index (κ2) is 5.72. The van der Waals surface area contributed by atoms with Crippen LogP contribution in [0.2, 0.25) is 0 Å². The van der Waals surface area contributed by atoms with E-state index in [4.69, 9.17) is 10.4 Å². The lowest BCUT2D eigenvalue weighted by molar-refractivity contribution is 0.254. The number of aliphatic hydroxyl groups excluding tert-OH is 1. The Morgan fingerprint density at radius 2 is 2.29 bits per heavy atom. The molecule has 1 rings (SSSR count). The first-order chi connectivity index (χ1) is 8.03. The molecule has 0 aliphatic heterocycles. The van der Waals surface area contributed by atoms with Crippen molar-refractivity contribution in [2.45, 2.75) is 24.3 Å². The van der Waals surface area contributed by atoms with Gasteiger partial charge in [-0.3, -0.25) is 0 Å². The largest absolute Gasteiger partial charge is 0.395 e. The molecule has 0 aliphatic carbocycles. The Morgan fingerprint density at radius 1 is 1.59 bits per heavy atom. The van der Waals surface area contributed by atoms with Crippen molar-refractivity contribution >= 4 is 10.0 Å². The Balaban J connectivity index is 2.93. The highest BCUT2D eigenvalue weighted by atomic mass is 32.2. The summed E-state index contributed by atoms with van der Waals surface area (Å²) in [5.74, 6) is 0. The molecule has 2 N–H and O–H groups in total. The average Bonchev–Trinajstić information content (AvgIpc) is 2.36. The van der Waals surface area contributed by atoms with Crippen LogP contribution in [0.1, 0.15) is 19.0 Å². The summed E-state index contributed by atoms with van der Waals surface area (Å²) < 4.78 is 26.0. The summed E-state index contributed by atoms with van der Waals surface area (Å²) in [7, 11) is -3.69. The Hall–Kier alpha value is -1.49. The van der Waals surface area contributed by atoms with Gasteiger partial charge in [0, 0.05) is 12.2 Å². The molecule has 0 saturated carbocycles. The van der Waals surface area contributed by atoms with Gasteiger partial charge in [0.2, 0.25) is 10.0 Å². The van der Waals surface area contributed by atoms with Crippen LogP contribution < -0.4 is 4.72 Å². The molecule has 0 aliphatic rings. The van der Waals surface area contributed by atoms with E-state index >= 15 is 0 Å². The Bertz CT molecular complexity index is 501. The van der Waals surface area contributed by atoms with Gasteiger partial charge in [-0.15, -0.1) is 0 Å². The molecule has 0 radical (unpaired) electrons. The van der Waals surface area contributed by atoms with Gasteiger partial charge in [-0.25, -0.2) is 18.1 Å². The van der Waals surface area contributed by atoms with E-state index in [1.54, 1.807) is 13.0 Å². The number of hydrogen-bond acceptors (Lipinski definition) is 5. The van der Waals surface area contributed by atoms with Crippen molar-refractivity contribution < 1.29 is 13.5 Å². The number of aromatic nitrogens is 1. The van der Waals surface area contributed by atoms with Gasteiger partial charge in [-0.05, 0) is 18.6 Å². The van der Waals surface area contributed by atoms with Crippen molar-refractivity contribution in [2.24, 2.45) is 0 Å². The Morgan fingerprint density at radius 3 is 2.71 bits per heavy atom. The molecule has 1 atom stereocenters. The minimum absolute atomic E-state index is 0.0246. The van der Waals surface area contributed by atoms with Crippen LogP contribution in [-0.2, 0) is 10.0 Å². The molecule has 17 heavy (non-hydrogen) atoms. The van der Waals surface area contributed by atoms with E-state index in [1.807, 2.05) is 0 Å². The Kier molecular flexibility index (Phi) is 4.57. The minimum atomic E-state index is -3.69. The number of pyridine rings is 1. The van der Waals surface area contributed by atoms with Crippen LogP contribution in [0.3, 0.4) is 0 Å². The van der Waals surface area contributed by atoms with Gasteiger partial charge in [0.1, 0.15) is 16.7 Å². The predicted octanol–water partition coefficient (Wildman–Crippen LogP) is 0.00248. The fourth-order valence-electron chi connectivity index (χ4n) is 1.14. The van der Waals surface area contributed by atoms with Crippen LogP contribution >= 0.6 is 0 Å². The summed E-state index contributed by atoms with van der Waals surface area (Å²) in [6, 6.07) is 3.92. The zero-order valence-electron chi connectivity index (χ0n) is 9.29. The van der Waals surface area contributed by atoms with Gasteiger partial charge in [0.15, 0.2) is 0 Å². The molecule has 0 bridgehead atoms. The van der Waals surface area contributed by atoms with Crippen LogP contribution in [0.4, 0.5) is 0 Å². The van der Waals surface area contributed by atoms with Gasteiger partial charge < -0.3 is 5.11 Å². The molecule has 0 aromatic carbocycles. The molecule has 6 nitrogen and oxygen atoms in total. The van der Waals surface area contributed by atoms with Crippen molar-refractivity contribution in [3.63, 3.8) is 0 Å². The summed E-state index contributed by atoms with van der Waals surface area (Å²) >= 11 is 0. The number of nitrogens with zero attached hydrogens (tertiary/aromatic N) is 2. The molecular formula is C10H13N3O3S. The molecule has 92 valence electrons. The maximum Gasteiger partial charge on any atom is 0.242 e. The highest BCUT2D eigenvalue weighted by molar-refractivity contribution is 7.89. The van der Waals surface area contributed by atoms with E-state index in [-0.39, 0.29) is 17.2 Å². The van der Waals surface area contributed by atoms with Crippen LogP contribution in [0.5, 0.6) is 0 Å². The van der Waals surface area contributed by atoms with Crippen LogP contribution in [-0.4, -0.2) is 31.2 Å². The summed E-state index contributed by atoms with van der Waals surface area (Å²) in [6.07, 6.45) is 1.60. The van der Waals surface area contributed by atoms with E-state index in [1.165, 1.54) is 12.1 Å². The highest BCUT2D eigenvalue weighted by Crippen LogP contribution is 2.08. The zero-order chi connectivity index (χ0) is 12.9. The smallest absolute Gasteiger partial charge is 0.242 e. The number of nitrogens with one attached hydrogen (secondary N) is 1. The third-order valence-corrected chi connectivity index (χ3v) is 3.70. The second-order valence-electron chi connectivity index (χ2n) is 3.40. The summed E-state index contributed by atoms with van der Waals surface area (Å²) in [6.45, 7) is 1.50. The third-order valence-electron chi connectivity index (χ3n) is 2.20. The van der Waals surface area contributed by atoms with Crippen molar-refractivity contribution in [3.8, 4) is 6.07 Å². The summed E-state index contributed by atoms with van der Waals surface area (Å²) in [4.78, 5) is 3.65. The van der Waals surface area contributed by atoms with Gasteiger partial charge in [-0.2, -0.15) is 5.26 Å². The van der Waals surface area contributed by atoms with Gasteiger partial charge in [0.25, 0.3) is 0 Å². The molecule has 7 heteroatoms. The maximum absolute atomic E-state index is 11.8. The van der Waals surface area contributed by atoms with Gasteiger partial charge >= 0.3 is 0 Å². The molecule has 1 aromatic heterocycles. The predicted molar refractivity (Wildman–Crippen MR) is 60.4 cm³/mol. The fraction of sp³-hybridized carbons (Fsp3) is 0.400. The topological polar surface area (TPSA) is 103 Å². The van der Waals surface area contributed by atoms with E-state index < -0.39 is 16.1 Å². The molecule has 1 unspecified atom stereocenters. The minimum Gasteiger partial charge on any atom is -0.395 e. The highest BCUT2D eigenvalue weighted by Gasteiger charge is 2.18. The number of nitriles is 1. The SMILES string of the molecule is CCC(CO)NS(=O)(=O)c1ccc(C#N)nc1. The van der Waals surface area contributed by atoms with E-state index in [9.17, 15) is 8.42 Å². The molecule has 0 saturated heterocycles. The normalized spacial score (nSPS) is 13.0. The quantitative estimate of drug-likeness (QED) is 0.771. The summed E-state index contributed by atoms with van der Waals surface area (Å²) in [5, 5.41) is 17.5. The average molecular weight is 255 g/mol. The zero-order valence-corrected chi connectivity index (χ0v) is 10.1. The molecule has 0 spiro atoms. The number of aliphatic hydroxyl groups is 1. The fourth-order valence-corrected chi connectivity index (χ4v) is 2.40. The monoisotopic (exact) mass is 255 g/mol. The van der Waals surface area contributed by atoms with Crippen LogP contribution in [0.15, 0.2) is 23.2 Å². The van der Waals surface area contributed by atoms with Gasteiger partial charge in [-0.1, -0.05) is 6.92 Å². The lowest BCUT2D eigenvalue weighted by atomic mass is 10.3. The number of hydrogen-bond donors (Lipinski definition) is 2. The first-order valence-electron chi connectivity index (χ1n) is 5.02. The molecular weight excluding hydrogens is 242 g/mol. The summed E-state index contributed by atoms with van der Waals surface area (Å²) in [5.41, 5.74) is 0.151. The first-order valence-corrected chi connectivity index (χ1v) is 6.51. The van der Waals surface area contributed by atoms with E-state index in [0.29, 0.717) is 6.42 Å². The first kappa shape index (κ1) is 13.6. The molecule has 0 fully saturated rings. The number of sulfonamides is 1. The Labute approximate surface area is 100.0 Å². The van der Waals surface area contributed by atoms with Crippen LogP contribution in [0, 0.1) is 11.3 Å². The molecule has 1 heterocycles. The van der Waals surface area contributed by atoms with Gasteiger partial charge in [0.05, 0.1) is 6.61 Å².